The molecule has 0 radical (unpaired) electrons. The van der Waals surface area contributed by atoms with Crippen LogP contribution in [-0.4, -0.2) is 90.1 Å². The van der Waals surface area contributed by atoms with Crippen LogP contribution in [0.3, 0.4) is 0 Å². The number of amides is 2. The van der Waals surface area contributed by atoms with E-state index in [1.807, 2.05) is 0 Å². The highest BCUT2D eigenvalue weighted by atomic mass is 35.5. The topological polar surface area (TPSA) is 152 Å². The molecule has 3 fully saturated rings. The summed E-state index contributed by atoms with van der Waals surface area (Å²) < 4.78 is 38.9. The van der Waals surface area contributed by atoms with Crippen molar-refractivity contribution in [2.45, 2.75) is 57.1 Å². The normalized spacial score (nSPS) is 25.4. The number of carboxylic acid groups (broad SMARTS) is 1. The second-order valence-electron chi connectivity index (χ2n) is 11.7. The Kier molecular flexibility index (Phi) is 8.55. The molecule has 1 aliphatic carbocycles. The number of benzene rings is 1. The van der Waals surface area contributed by atoms with E-state index < -0.39 is 48.7 Å². The number of allylic oxidation sites excluding steroid dienone is 1. The Morgan fingerprint density at radius 3 is 2.69 bits per heavy atom. The zero-order valence-electron chi connectivity index (χ0n) is 23.4. The maximum absolute atomic E-state index is 14.0. The number of carboxylic acids is 1. The van der Waals surface area contributed by atoms with E-state index in [0.717, 1.165) is 17.9 Å². The Bertz CT molecular complexity index is 1280. The van der Waals surface area contributed by atoms with Gasteiger partial charge in [-0.1, -0.05) is 11.6 Å². The molecule has 230 valence electrons. The van der Waals surface area contributed by atoms with Gasteiger partial charge in [0.05, 0.1) is 17.7 Å². The van der Waals surface area contributed by atoms with Gasteiger partial charge in [-0.05, 0) is 55.2 Å². The Labute approximate surface area is 247 Å². The van der Waals surface area contributed by atoms with Gasteiger partial charge in [0.25, 0.3) is 12.3 Å². The first-order chi connectivity index (χ1) is 19.9. The largest absolute Gasteiger partial charge is 0.487 e. The Balaban J connectivity index is 1.52. The van der Waals surface area contributed by atoms with Gasteiger partial charge in [-0.15, -0.1) is 0 Å². The third kappa shape index (κ3) is 5.86. The Morgan fingerprint density at radius 2 is 2.07 bits per heavy atom. The lowest BCUT2D eigenvalue weighted by atomic mass is 9.88. The molecule has 4 aliphatic rings. The van der Waals surface area contributed by atoms with E-state index >= 15 is 0 Å². The van der Waals surface area contributed by atoms with Gasteiger partial charge in [0.1, 0.15) is 24.2 Å². The first kappa shape index (κ1) is 30.3. The fourth-order valence-corrected chi connectivity index (χ4v) is 6.68. The zero-order chi connectivity index (χ0) is 30.3. The Hall–Kier alpha value is -3.16. The Morgan fingerprint density at radius 1 is 1.33 bits per heavy atom. The molecule has 3 aliphatic heterocycles. The highest BCUT2D eigenvalue weighted by Crippen LogP contribution is 2.54. The molecule has 1 saturated carbocycles. The van der Waals surface area contributed by atoms with Gasteiger partial charge >= 0.3 is 5.97 Å². The number of hydrogen-bond acceptors (Lipinski definition) is 8. The van der Waals surface area contributed by atoms with Gasteiger partial charge in [0.2, 0.25) is 5.91 Å². The molecule has 11 nitrogen and oxygen atoms in total. The van der Waals surface area contributed by atoms with E-state index in [0.29, 0.717) is 48.4 Å². The first-order valence-corrected chi connectivity index (χ1v) is 14.4. The minimum atomic E-state index is -2.93. The number of hydrazine groups is 1. The van der Waals surface area contributed by atoms with Crippen LogP contribution in [0.5, 0.6) is 5.75 Å². The first-order valence-electron chi connectivity index (χ1n) is 14.0. The van der Waals surface area contributed by atoms with Crippen LogP contribution in [0, 0.1) is 11.3 Å². The fraction of sp³-hybridized carbons (Fsp3) is 0.607. The molecule has 3 unspecified atom stereocenters. The van der Waals surface area contributed by atoms with Crippen molar-refractivity contribution in [3.8, 4) is 5.75 Å². The van der Waals surface area contributed by atoms with Crippen molar-refractivity contribution in [1.82, 2.24) is 14.8 Å². The van der Waals surface area contributed by atoms with Crippen LogP contribution in [0.2, 0.25) is 5.02 Å². The molecule has 5 N–H and O–H groups in total. The third-order valence-corrected chi connectivity index (χ3v) is 9.15. The minimum Gasteiger partial charge on any atom is -0.487 e. The second kappa shape index (κ2) is 11.8. The lowest BCUT2D eigenvalue weighted by molar-refractivity contribution is -0.166. The van der Waals surface area contributed by atoms with E-state index in [2.05, 4.69) is 0 Å². The number of nitrogens with two attached hydrogens (primary N) is 2. The van der Waals surface area contributed by atoms with Gasteiger partial charge in [0.15, 0.2) is 0 Å². The summed E-state index contributed by atoms with van der Waals surface area (Å²) in [7, 11) is 1.25. The SMILES string of the molecule is CN(N)/C(=C(\N)COc1ccc(Cl)c2c1C(CN1CC3(CC3)CC1=O)N(C(=O)C1OCCCC1C(=O)O)CC2)C(F)F. The number of carbonyl (C=O) groups is 3. The number of rotatable bonds is 9. The fourth-order valence-electron chi connectivity index (χ4n) is 6.42. The molecule has 5 rings (SSSR count). The average Bonchev–Trinajstić information content (AvgIpc) is 3.62. The van der Waals surface area contributed by atoms with Crippen LogP contribution in [-0.2, 0) is 25.5 Å². The maximum atomic E-state index is 14.0. The molecule has 0 bridgehead atoms. The summed E-state index contributed by atoms with van der Waals surface area (Å²) in [5, 5.41) is 11.0. The average molecular weight is 612 g/mol. The number of aliphatic carboxylic acids is 1. The molecule has 2 amide bonds. The molecule has 14 heteroatoms. The van der Waals surface area contributed by atoms with E-state index in [1.165, 1.54) is 7.05 Å². The second-order valence-corrected chi connectivity index (χ2v) is 12.1. The summed E-state index contributed by atoms with van der Waals surface area (Å²) in [5.74, 6) is 3.20. The van der Waals surface area contributed by atoms with Crippen LogP contribution in [0.25, 0.3) is 0 Å². The van der Waals surface area contributed by atoms with Crippen molar-refractivity contribution in [3.05, 3.63) is 39.7 Å². The number of alkyl halides is 2. The van der Waals surface area contributed by atoms with Gasteiger partial charge in [0, 0.05) is 50.3 Å². The lowest BCUT2D eigenvalue weighted by Gasteiger charge is -2.42. The molecular weight excluding hydrogens is 576 g/mol. The van der Waals surface area contributed by atoms with Gasteiger partial charge < -0.3 is 35.1 Å². The summed E-state index contributed by atoms with van der Waals surface area (Å²) in [4.78, 5) is 42.4. The predicted octanol–water partition coefficient (Wildman–Crippen LogP) is 2.28. The number of likely N-dealkylation sites (tertiary alicyclic amines) is 1. The highest BCUT2D eigenvalue weighted by molar-refractivity contribution is 6.31. The van der Waals surface area contributed by atoms with Crippen molar-refractivity contribution < 1.29 is 37.7 Å². The number of carbonyl (C=O) groups excluding carboxylic acids is 2. The summed E-state index contributed by atoms with van der Waals surface area (Å²) in [6, 6.07) is 2.46. The zero-order valence-corrected chi connectivity index (χ0v) is 24.1. The standard InChI is InChI=1S/C28H36ClF2N5O6/c1-34(33)23(25(30)31)18(32)13-42-20-5-4-17(29)15-6-9-36(26(38)24-16(27(39)40)3-2-10-41-24)19(22(15)20)12-35-14-28(7-8-28)11-21(35)37/h4-5,16,19,24-25H,2-3,6-14,32-33H2,1H3,(H,39,40)/b23-18-. The quantitative estimate of drug-likeness (QED) is 0.282. The van der Waals surface area contributed by atoms with E-state index in [9.17, 15) is 28.3 Å². The highest BCUT2D eigenvalue weighted by Gasteiger charge is 2.53. The smallest absolute Gasteiger partial charge is 0.309 e. The summed E-state index contributed by atoms with van der Waals surface area (Å²) in [6.45, 7) is 0.753. The third-order valence-electron chi connectivity index (χ3n) is 8.79. The lowest BCUT2D eigenvalue weighted by Crippen LogP contribution is -2.53. The van der Waals surface area contributed by atoms with Gasteiger partial charge in [-0.25, -0.2) is 14.6 Å². The number of ether oxygens (including phenoxy) is 2. The van der Waals surface area contributed by atoms with Crippen molar-refractivity contribution in [3.63, 3.8) is 0 Å². The number of fused-ring (bicyclic) bond motifs is 1. The summed E-state index contributed by atoms with van der Waals surface area (Å²) in [6.07, 6.45) is -0.587. The molecule has 1 spiro atoms. The van der Waals surface area contributed by atoms with Crippen LogP contribution in [0.4, 0.5) is 8.78 Å². The molecule has 3 heterocycles. The van der Waals surface area contributed by atoms with E-state index in [1.54, 1.807) is 21.9 Å². The predicted molar refractivity (Wildman–Crippen MR) is 147 cm³/mol. The summed E-state index contributed by atoms with van der Waals surface area (Å²) in [5.41, 5.74) is 6.29. The van der Waals surface area contributed by atoms with E-state index in [4.69, 9.17) is 32.7 Å². The van der Waals surface area contributed by atoms with Crippen LogP contribution in [0.1, 0.15) is 49.3 Å². The molecule has 0 aromatic heterocycles. The van der Waals surface area contributed by atoms with Gasteiger partial charge in [-0.3, -0.25) is 14.4 Å². The van der Waals surface area contributed by atoms with Crippen molar-refractivity contribution in [1.29, 1.82) is 0 Å². The van der Waals surface area contributed by atoms with Crippen LogP contribution >= 0.6 is 11.6 Å². The van der Waals surface area contributed by atoms with Crippen LogP contribution in [0.15, 0.2) is 23.5 Å². The van der Waals surface area contributed by atoms with Gasteiger partial charge in [-0.2, -0.15) is 0 Å². The monoisotopic (exact) mass is 611 g/mol. The number of hydrogen-bond donors (Lipinski definition) is 3. The molecule has 42 heavy (non-hydrogen) atoms. The van der Waals surface area contributed by atoms with Crippen molar-refractivity contribution in [2.75, 3.05) is 39.9 Å². The minimum absolute atomic E-state index is 0.0198. The van der Waals surface area contributed by atoms with E-state index in [-0.39, 0.29) is 42.5 Å². The molecule has 1 aromatic rings. The number of nitrogens with zero attached hydrogens (tertiary/aromatic N) is 3. The summed E-state index contributed by atoms with van der Waals surface area (Å²) >= 11 is 6.62. The molecule has 3 atom stereocenters. The number of halogens is 3. The molecular formula is C28H36ClF2N5O6. The maximum Gasteiger partial charge on any atom is 0.309 e. The molecule has 1 aromatic carbocycles. The molecule has 2 saturated heterocycles. The van der Waals surface area contributed by atoms with Crippen LogP contribution < -0.4 is 16.3 Å². The van der Waals surface area contributed by atoms with Crippen molar-refractivity contribution >= 4 is 29.4 Å². The van der Waals surface area contributed by atoms with Crippen molar-refractivity contribution in [2.24, 2.45) is 22.9 Å².